The van der Waals surface area contributed by atoms with Gasteiger partial charge in [0.15, 0.2) is 0 Å². The Morgan fingerprint density at radius 3 is 3.17 bits per heavy atom. The van der Waals surface area contributed by atoms with Gasteiger partial charge in [-0.05, 0) is 56.5 Å². The molecule has 0 atom stereocenters. The maximum Gasteiger partial charge on any atom is 0.0843 e. The molecule has 3 aromatic rings. The first-order valence-corrected chi connectivity index (χ1v) is 7.01. The summed E-state index contributed by atoms with van der Waals surface area (Å²) >= 11 is 0. The quantitative estimate of drug-likeness (QED) is 0.722. The molecule has 0 spiro atoms. The molecular formula is C21H25N3. The number of benzene rings is 1. The van der Waals surface area contributed by atoms with E-state index in [0.717, 1.165) is 7.05 Å². The fourth-order valence-corrected chi connectivity index (χ4v) is 2.32. The highest BCUT2D eigenvalue weighted by atomic mass is 15.1. The van der Waals surface area contributed by atoms with Gasteiger partial charge in [0.05, 0.1) is 11.0 Å². The summed E-state index contributed by atoms with van der Waals surface area (Å²) in [6.07, 6.45) is -8.28. The summed E-state index contributed by atoms with van der Waals surface area (Å²) in [6.45, 7) is -11.8. The third-order valence-electron chi connectivity index (χ3n) is 3.35. The predicted octanol–water partition coefficient (Wildman–Crippen LogP) is 3.88. The highest BCUT2D eigenvalue weighted by Gasteiger charge is 2.22. The van der Waals surface area contributed by atoms with Crippen molar-refractivity contribution in [3.63, 3.8) is 0 Å². The zero-order valence-electron chi connectivity index (χ0n) is 31.8. The minimum Gasteiger partial charge on any atom is -0.344 e. The molecule has 3 heterocycles. The normalized spacial score (nSPS) is 34.5. The van der Waals surface area contributed by atoms with Crippen LogP contribution in [-0.4, -0.2) is 28.0 Å². The highest BCUT2D eigenvalue weighted by molar-refractivity contribution is 5.86. The number of aryl methyl sites for hydroxylation is 2. The van der Waals surface area contributed by atoms with Crippen LogP contribution in [0, 0.1) is 13.8 Å². The summed E-state index contributed by atoms with van der Waals surface area (Å²) in [7, 11) is 0.918. The topological polar surface area (TPSA) is 21.1 Å². The zero-order valence-corrected chi connectivity index (χ0v) is 12.8. The molecule has 0 saturated heterocycles. The largest absolute Gasteiger partial charge is 0.344 e. The second-order valence-electron chi connectivity index (χ2n) is 5.12. The van der Waals surface area contributed by atoms with Crippen molar-refractivity contribution in [3.8, 4) is 0 Å². The van der Waals surface area contributed by atoms with E-state index in [1.54, 1.807) is 0 Å². The van der Waals surface area contributed by atoms with Crippen molar-refractivity contribution in [3.05, 3.63) is 64.5 Å². The lowest BCUT2D eigenvalue weighted by molar-refractivity contribution is 0.309. The van der Waals surface area contributed by atoms with Crippen molar-refractivity contribution in [1.82, 2.24) is 14.5 Å². The van der Waals surface area contributed by atoms with E-state index in [1.807, 2.05) is 0 Å². The monoisotopic (exact) mass is 338 g/mol. The van der Waals surface area contributed by atoms with Crippen LogP contribution in [0.4, 0.5) is 0 Å². The molecule has 4 rings (SSSR count). The molecule has 0 bridgehead atoms. The number of rotatable bonds is 3. The highest BCUT2D eigenvalue weighted by Crippen LogP contribution is 2.31. The summed E-state index contributed by atoms with van der Waals surface area (Å²) < 4.78 is 161. The van der Waals surface area contributed by atoms with Crippen LogP contribution in [0.25, 0.3) is 10.9 Å². The van der Waals surface area contributed by atoms with Crippen molar-refractivity contribution >= 4 is 10.9 Å². The van der Waals surface area contributed by atoms with Gasteiger partial charge in [0, 0.05) is 69.4 Å². The van der Waals surface area contributed by atoms with Gasteiger partial charge in [-0.1, -0.05) is 17.6 Å². The lowest BCUT2D eigenvalue weighted by Crippen LogP contribution is -2.27. The van der Waals surface area contributed by atoms with Crippen LogP contribution in [0.3, 0.4) is 0 Å². The van der Waals surface area contributed by atoms with Gasteiger partial charge in [-0.25, -0.2) is 0 Å². The summed E-state index contributed by atoms with van der Waals surface area (Å²) in [5, 5.41) is -0.571. The maximum atomic E-state index is 9.02. The third-order valence-corrected chi connectivity index (χ3v) is 3.35. The van der Waals surface area contributed by atoms with E-state index in [-0.39, 0.29) is 10.1 Å². The van der Waals surface area contributed by atoms with Gasteiger partial charge < -0.3 is 9.47 Å². The summed E-state index contributed by atoms with van der Waals surface area (Å²) in [6, 6.07) is -4.47. The van der Waals surface area contributed by atoms with Gasteiger partial charge in [-0.15, -0.1) is 0 Å². The molecule has 0 fully saturated rings. The zero-order chi connectivity index (χ0) is 33.4. The number of nitrogens with zero attached hydrogens (tertiary/aromatic N) is 3. The number of hydrogen-bond acceptors (Lipinski definition) is 2. The van der Waals surface area contributed by atoms with Crippen LogP contribution in [0.1, 0.15) is 54.1 Å². The smallest absolute Gasteiger partial charge is 0.0843 e. The molecule has 0 aliphatic carbocycles. The van der Waals surface area contributed by atoms with E-state index in [4.69, 9.17) is 26.0 Å². The molecule has 2 aromatic heterocycles. The first kappa shape index (κ1) is 4.95. The van der Waals surface area contributed by atoms with Gasteiger partial charge >= 0.3 is 0 Å². The molecule has 0 radical (unpaired) electrons. The average Bonchev–Trinajstić information content (AvgIpc) is 3.25. The Morgan fingerprint density at radius 2 is 2.29 bits per heavy atom. The minimum atomic E-state index is -3.76. The Kier molecular flexibility index (Phi) is 1.25. The molecule has 1 aliphatic heterocycles. The summed E-state index contributed by atoms with van der Waals surface area (Å²) in [5.41, 5.74) is -5.11. The first-order valence-electron chi connectivity index (χ1n) is 16.5. The standard InChI is InChI=1S/C21H25N3/c1-15-4-7-20-18(12-15)19-14-23(3)10-9-21(19)24(20)11-8-17-6-5-16(2)22-13-17/h4-7,12-13H,8-11,14H2,1-3H3/i2D3,4D,5D,6D,7D,8D2,9D2,10D2,11D2,12D,13D,14D2. The van der Waals surface area contributed by atoms with Crippen molar-refractivity contribution in [1.29, 1.82) is 0 Å². The maximum absolute atomic E-state index is 9.02. The van der Waals surface area contributed by atoms with Crippen LogP contribution in [-0.2, 0) is 25.7 Å². The number of aromatic nitrogens is 2. The minimum absolute atomic E-state index is 0.165. The van der Waals surface area contributed by atoms with Crippen LogP contribution in [0.5, 0.6) is 0 Å². The second kappa shape index (κ2) is 6.06. The molecule has 1 aliphatic rings. The van der Waals surface area contributed by atoms with Crippen LogP contribution in [0.2, 0.25) is 0 Å². The Labute approximate surface area is 170 Å². The van der Waals surface area contributed by atoms with Crippen molar-refractivity contribution in [2.45, 2.75) is 39.5 Å². The molecule has 3 nitrogen and oxygen atoms in total. The number of pyridine rings is 1. The van der Waals surface area contributed by atoms with Crippen LogP contribution in [0.15, 0.2) is 36.4 Å². The Hall–Kier alpha value is -2.13. The van der Waals surface area contributed by atoms with Gasteiger partial charge in [0.1, 0.15) is 0 Å². The SMILES string of the molecule is [2H]c1nc(C([2H])([2H])[2H])c([2H])c([2H])c1C([2H])([2H])C([2H])([2H])n1c2c(c3c([2H])c(C)c([2H])c([2H])c31)C([2H])([2H])N(C)C([2H])([2H])C2([2H])[2H]. The fourth-order valence-electron chi connectivity index (χ4n) is 2.32. The number of hydrogen-bond donors (Lipinski definition) is 0. The molecule has 124 valence electrons. The lowest BCUT2D eigenvalue weighted by Gasteiger charge is -2.24. The van der Waals surface area contributed by atoms with Crippen LogP contribution < -0.4 is 0 Å². The molecular weight excluding hydrogens is 294 g/mol. The third kappa shape index (κ3) is 2.73. The Bertz CT molecular complexity index is 1680. The predicted molar refractivity (Wildman–Crippen MR) is 99.4 cm³/mol. The van der Waals surface area contributed by atoms with Gasteiger partial charge in [0.25, 0.3) is 0 Å². The van der Waals surface area contributed by atoms with E-state index >= 15 is 0 Å². The fraction of sp³-hybridized carbons (Fsp3) is 0.381. The second-order valence-corrected chi connectivity index (χ2v) is 5.12. The molecule has 1 aromatic carbocycles. The molecule has 0 N–H and O–H groups in total. The van der Waals surface area contributed by atoms with Crippen molar-refractivity contribution in [2.75, 3.05) is 13.5 Å². The number of likely N-dealkylation sites (N-methyl/N-ethyl adjacent to an activating group) is 1. The van der Waals surface area contributed by atoms with Gasteiger partial charge in [-0.3, -0.25) is 4.98 Å². The van der Waals surface area contributed by atoms with Crippen LogP contribution >= 0.6 is 0 Å². The van der Waals surface area contributed by atoms with E-state index in [2.05, 4.69) is 4.98 Å². The molecule has 0 unspecified atom stereocenters. The van der Waals surface area contributed by atoms with Crippen molar-refractivity contribution < 1.29 is 26.0 Å². The average molecular weight is 339 g/mol. The Morgan fingerprint density at radius 1 is 1.38 bits per heavy atom. The van der Waals surface area contributed by atoms with Gasteiger partial charge in [0.2, 0.25) is 0 Å². The first-order chi connectivity index (χ1) is 19.1. The lowest BCUT2D eigenvalue weighted by atomic mass is 10.0. The molecule has 0 saturated carbocycles. The van der Waals surface area contributed by atoms with E-state index in [1.165, 1.54) is 6.92 Å². The summed E-state index contributed by atoms with van der Waals surface area (Å²) in [4.78, 5) is 3.83. The van der Waals surface area contributed by atoms with E-state index < -0.39 is 109 Å². The Balaban J connectivity index is 2.28. The molecule has 0 amide bonds. The molecule has 24 heavy (non-hydrogen) atoms. The van der Waals surface area contributed by atoms with Crippen molar-refractivity contribution in [2.24, 2.45) is 0 Å². The number of fused-ring (bicyclic) bond motifs is 3. The summed E-state index contributed by atoms with van der Waals surface area (Å²) in [5.74, 6) is 0. The van der Waals surface area contributed by atoms with E-state index in [9.17, 15) is 0 Å². The van der Waals surface area contributed by atoms with Gasteiger partial charge in [-0.2, -0.15) is 0 Å². The molecule has 3 heteroatoms. The van der Waals surface area contributed by atoms with E-state index in [0.29, 0.717) is 4.90 Å².